The molecule has 4 rings (SSSR count). The van der Waals surface area contributed by atoms with Crippen LogP contribution in [0.3, 0.4) is 0 Å². The zero-order valence-electron chi connectivity index (χ0n) is 13.7. The monoisotopic (exact) mass is 422 g/mol. The van der Waals surface area contributed by atoms with Crippen molar-refractivity contribution in [1.29, 1.82) is 0 Å². The molecule has 4 heterocycles. The topological polar surface area (TPSA) is 77.3 Å². The van der Waals surface area contributed by atoms with E-state index in [1.807, 2.05) is 30.7 Å². The fraction of sp³-hybridized carbons (Fsp3) is 0.125. The van der Waals surface area contributed by atoms with Gasteiger partial charge in [-0.15, -0.1) is 11.8 Å². The van der Waals surface area contributed by atoms with Crippen LogP contribution in [0.1, 0.15) is 0 Å². The molecule has 0 atom stereocenters. The standard InChI is InChI=1S/2C8H6ClN3S/c1-13-7-3-2-5-6(11-7)4-10-8(9)12-5;1-13-8-10-4-6-5(12-8)2-3-7(9)11-6/h2*2-4H,1H3. The van der Waals surface area contributed by atoms with Crippen LogP contribution in [0.5, 0.6) is 0 Å². The lowest BCUT2D eigenvalue weighted by Crippen LogP contribution is -1.88. The molecular formula is C16H12Cl2N6S2. The van der Waals surface area contributed by atoms with E-state index in [0.29, 0.717) is 5.15 Å². The fourth-order valence-electron chi connectivity index (χ4n) is 1.97. The number of rotatable bonds is 2. The summed E-state index contributed by atoms with van der Waals surface area (Å²) in [6.45, 7) is 0. The van der Waals surface area contributed by atoms with E-state index in [4.69, 9.17) is 23.2 Å². The molecule has 6 nitrogen and oxygen atoms in total. The summed E-state index contributed by atoms with van der Waals surface area (Å²) in [5, 5.41) is 2.43. The maximum Gasteiger partial charge on any atom is 0.223 e. The molecular weight excluding hydrogens is 411 g/mol. The van der Waals surface area contributed by atoms with Crippen LogP contribution in [0.2, 0.25) is 10.4 Å². The third-order valence-corrected chi connectivity index (χ3v) is 4.76. The van der Waals surface area contributed by atoms with E-state index < -0.39 is 0 Å². The van der Waals surface area contributed by atoms with Gasteiger partial charge in [-0.1, -0.05) is 23.4 Å². The predicted molar refractivity (Wildman–Crippen MR) is 108 cm³/mol. The van der Waals surface area contributed by atoms with Crippen molar-refractivity contribution in [1.82, 2.24) is 29.9 Å². The molecule has 0 saturated heterocycles. The van der Waals surface area contributed by atoms with Gasteiger partial charge in [0.15, 0.2) is 5.16 Å². The first kappa shape index (κ1) is 19.0. The van der Waals surface area contributed by atoms with Gasteiger partial charge in [0.2, 0.25) is 5.28 Å². The zero-order valence-corrected chi connectivity index (χ0v) is 16.9. The summed E-state index contributed by atoms with van der Waals surface area (Å²) in [6.07, 6.45) is 7.22. The first-order valence-corrected chi connectivity index (χ1v) is 10.5. The number of thioether (sulfide) groups is 2. The first-order valence-electron chi connectivity index (χ1n) is 7.25. The predicted octanol–water partition coefficient (Wildman–Crippen LogP) is 4.80. The lowest BCUT2D eigenvalue weighted by Gasteiger charge is -1.98. The Bertz CT molecular complexity index is 978. The zero-order chi connectivity index (χ0) is 18.5. The molecule has 0 fully saturated rings. The van der Waals surface area contributed by atoms with Gasteiger partial charge in [-0.3, -0.25) is 0 Å². The summed E-state index contributed by atoms with van der Waals surface area (Å²) in [5.74, 6) is 0. The van der Waals surface area contributed by atoms with E-state index in [9.17, 15) is 0 Å². The molecule has 0 saturated carbocycles. The lowest BCUT2D eigenvalue weighted by atomic mass is 10.4. The van der Waals surface area contributed by atoms with Crippen molar-refractivity contribution in [2.24, 2.45) is 0 Å². The Balaban J connectivity index is 0.000000151. The van der Waals surface area contributed by atoms with Crippen LogP contribution >= 0.6 is 46.7 Å². The van der Waals surface area contributed by atoms with Crippen LogP contribution in [0.25, 0.3) is 22.1 Å². The van der Waals surface area contributed by atoms with Gasteiger partial charge in [0.25, 0.3) is 0 Å². The summed E-state index contributed by atoms with van der Waals surface area (Å²) in [5.41, 5.74) is 3.10. The van der Waals surface area contributed by atoms with Crippen molar-refractivity contribution in [3.8, 4) is 0 Å². The van der Waals surface area contributed by atoms with Gasteiger partial charge < -0.3 is 0 Å². The number of hydrogen-bond donors (Lipinski definition) is 0. The summed E-state index contributed by atoms with van der Waals surface area (Å²) < 4.78 is 0. The van der Waals surface area contributed by atoms with Crippen molar-refractivity contribution in [2.75, 3.05) is 12.5 Å². The number of nitrogens with zero attached hydrogens (tertiary/aromatic N) is 6. The van der Waals surface area contributed by atoms with Crippen molar-refractivity contribution < 1.29 is 0 Å². The molecule has 26 heavy (non-hydrogen) atoms. The van der Waals surface area contributed by atoms with Gasteiger partial charge in [-0.2, -0.15) is 0 Å². The van der Waals surface area contributed by atoms with E-state index in [1.165, 1.54) is 11.8 Å². The molecule has 0 spiro atoms. The SMILES string of the molecule is CSc1ccc2nc(Cl)ncc2n1.CSc1ncc2nc(Cl)ccc2n1. The Hall–Kier alpha value is -1.74. The van der Waals surface area contributed by atoms with Crippen LogP contribution in [-0.4, -0.2) is 42.4 Å². The van der Waals surface area contributed by atoms with Gasteiger partial charge >= 0.3 is 0 Å². The maximum atomic E-state index is 5.72. The van der Waals surface area contributed by atoms with Crippen molar-refractivity contribution in [3.63, 3.8) is 0 Å². The molecule has 132 valence electrons. The van der Waals surface area contributed by atoms with E-state index in [1.54, 1.807) is 30.2 Å². The average molecular weight is 423 g/mol. The highest BCUT2D eigenvalue weighted by Crippen LogP contribution is 2.17. The first-order chi connectivity index (χ1) is 12.6. The average Bonchev–Trinajstić information content (AvgIpc) is 2.67. The summed E-state index contributed by atoms with van der Waals surface area (Å²) in [7, 11) is 0. The molecule has 0 radical (unpaired) electrons. The highest BCUT2D eigenvalue weighted by molar-refractivity contribution is 7.98. The number of fused-ring (bicyclic) bond motifs is 2. The Morgan fingerprint density at radius 1 is 0.692 bits per heavy atom. The third kappa shape index (κ3) is 4.70. The molecule has 0 unspecified atom stereocenters. The van der Waals surface area contributed by atoms with E-state index >= 15 is 0 Å². The van der Waals surface area contributed by atoms with Crippen LogP contribution in [0, 0.1) is 0 Å². The molecule has 0 aliphatic heterocycles. The van der Waals surface area contributed by atoms with Gasteiger partial charge in [0.1, 0.15) is 16.2 Å². The number of halogens is 2. The van der Waals surface area contributed by atoms with E-state index in [2.05, 4.69) is 29.9 Å². The highest BCUT2D eigenvalue weighted by atomic mass is 35.5. The van der Waals surface area contributed by atoms with Crippen LogP contribution in [-0.2, 0) is 0 Å². The summed E-state index contributed by atoms with van der Waals surface area (Å²) >= 11 is 14.5. The molecule has 0 N–H and O–H groups in total. The third-order valence-electron chi connectivity index (χ3n) is 3.16. The van der Waals surface area contributed by atoms with Gasteiger partial charge in [0, 0.05) is 0 Å². The second kappa shape index (κ2) is 8.77. The number of pyridine rings is 2. The summed E-state index contributed by atoms with van der Waals surface area (Å²) in [4.78, 5) is 24.7. The van der Waals surface area contributed by atoms with Gasteiger partial charge in [-0.25, -0.2) is 29.9 Å². The Morgan fingerprint density at radius 3 is 2.15 bits per heavy atom. The molecule has 4 aromatic rings. The van der Waals surface area contributed by atoms with Gasteiger partial charge in [0.05, 0.1) is 28.5 Å². The maximum absolute atomic E-state index is 5.72. The Kier molecular flexibility index (Phi) is 6.42. The Labute approximate surface area is 168 Å². The lowest BCUT2D eigenvalue weighted by molar-refractivity contribution is 1.00. The molecule has 0 aliphatic carbocycles. The molecule has 0 aromatic carbocycles. The molecule has 0 aliphatic rings. The van der Waals surface area contributed by atoms with Gasteiger partial charge in [-0.05, 0) is 48.4 Å². The normalized spacial score (nSPS) is 10.6. The number of aromatic nitrogens is 6. The van der Waals surface area contributed by atoms with Crippen molar-refractivity contribution >= 4 is 68.8 Å². The molecule has 0 amide bonds. The molecule has 10 heteroatoms. The second-order valence-corrected chi connectivity index (χ2v) is 7.12. The van der Waals surface area contributed by atoms with Crippen LogP contribution < -0.4 is 0 Å². The second-order valence-electron chi connectivity index (χ2n) is 4.79. The molecule has 4 aromatic heterocycles. The van der Waals surface area contributed by atoms with Crippen LogP contribution in [0.4, 0.5) is 0 Å². The van der Waals surface area contributed by atoms with Crippen molar-refractivity contribution in [2.45, 2.75) is 10.2 Å². The molecule has 0 bridgehead atoms. The minimum absolute atomic E-state index is 0.256. The van der Waals surface area contributed by atoms with E-state index in [-0.39, 0.29) is 5.28 Å². The smallest absolute Gasteiger partial charge is 0.223 e. The largest absolute Gasteiger partial charge is 0.238 e. The summed E-state index contributed by atoms with van der Waals surface area (Å²) in [6, 6.07) is 7.37. The fourth-order valence-corrected chi connectivity index (χ4v) is 3.01. The Morgan fingerprint density at radius 2 is 1.38 bits per heavy atom. The van der Waals surface area contributed by atoms with E-state index in [0.717, 1.165) is 32.2 Å². The highest BCUT2D eigenvalue weighted by Gasteiger charge is 2.00. The van der Waals surface area contributed by atoms with Crippen LogP contribution in [0.15, 0.2) is 46.8 Å². The minimum Gasteiger partial charge on any atom is -0.238 e. The number of hydrogen-bond acceptors (Lipinski definition) is 8. The van der Waals surface area contributed by atoms with Crippen molar-refractivity contribution in [3.05, 3.63) is 47.1 Å². The quantitative estimate of drug-likeness (QED) is 0.259. The minimum atomic E-state index is 0.256.